The van der Waals surface area contributed by atoms with Gasteiger partial charge >= 0.3 is 0 Å². The summed E-state index contributed by atoms with van der Waals surface area (Å²) >= 11 is 1.35. The van der Waals surface area contributed by atoms with Crippen LogP contribution in [0.1, 0.15) is 11.3 Å². The van der Waals surface area contributed by atoms with Crippen molar-refractivity contribution in [1.29, 1.82) is 0 Å². The van der Waals surface area contributed by atoms with Crippen LogP contribution in [0.2, 0.25) is 0 Å². The molecule has 0 fully saturated rings. The summed E-state index contributed by atoms with van der Waals surface area (Å²) in [4.78, 5) is 21.2. The number of hydrogen-bond donors (Lipinski definition) is 2. The zero-order valence-electron chi connectivity index (χ0n) is 15.3. The molecular weight excluding hydrogens is 396 g/mol. The van der Waals surface area contributed by atoms with Crippen molar-refractivity contribution in [3.8, 4) is 0 Å². The number of fused-ring (bicyclic) bond motifs is 1. The van der Waals surface area contributed by atoms with Crippen molar-refractivity contribution in [2.45, 2.75) is 23.3 Å². The lowest BCUT2D eigenvalue weighted by Gasteiger charge is -2.08. The predicted octanol–water partition coefficient (Wildman–Crippen LogP) is 2.04. The van der Waals surface area contributed by atoms with E-state index in [1.165, 1.54) is 23.9 Å². The normalized spacial score (nSPS) is 11.5. The summed E-state index contributed by atoms with van der Waals surface area (Å²) in [5, 5.41) is 8.67. The molecule has 3 N–H and O–H groups in total. The van der Waals surface area contributed by atoms with Crippen molar-refractivity contribution in [3.05, 3.63) is 59.8 Å². The number of thioether (sulfide) groups is 1. The molecule has 3 aromatic rings. The molecule has 2 aromatic carbocycles. The van der Waals surface area contributed by atoms with E-state index in [1.54, 1.807) is 12.1 Å². The van der Waals surface area contributed by atoms with Gasteiger partial charge in [-0.05, 0) is 43.2 Å². The van der Waals surface area contributed by atoms with Crippen LogP contribution in [-0.4, -0.2) is 36.6 Å². The molecule has 0 unspecified atom stereocenters. The van der Waals surface area contributed by atoms with Gasteiger partial charge in [-0.25, -0.2) is 23.5 Å². The lowest BCUT2D eigenvalue weighted by molar-refractivity contribution is -0.118. The maximum absolute atomic E-state index is 12.1. The van der Waals surface area contributed by atoms with Crippen LogP contribution in [0.25, 0.3) is 11.0 Å². The monoisotopic (exact) mass is 416 g/mol. The van der Waals surface area contributed by atoms with Gasteiger partial charge in [0.2, 0.25) is 15.9 Å². The molecule has 0 saturated heterocycles. The van der Waals surface area contributed by atoms with Gasteiger partial charge in [-0.2, -0.15) is 0 Å². The van der Waals surface area contributed by atoms with Crippen molar-refractivity contribution in [2.75, 3.05) is 12.3 Å². The number of nitrogens with zero attached hydrogens (tertiary/aromatic N) is 2. The largest absolute Gasteiger partial charge is 0.355 e. The third kappa shape index (κ3) is 5.28. The first-order valence-electron chi connectivity index (χ1n) is 8.57. The minimum Gasteiger partial charge on any atom is -0.355 e. The van der Waals surface area contributed by atoms with E-state index in [0.717, 1.165) is 27.3 Å². The molecule has 7 nitrogen and oxygen atoms in total. The fraction of sp³-hybridized carbons (Fsp3) is 0.211. The summed E-state index contributed by atoms with van der Waals surface area (Å²) in [6.07, 6.45) is 0.593. The van der Waals surface area contributed by atoms with Crippen LogP contribution in [0.4, 0.5) is 0 Å². The molecule has 0 atom stereocenters. The zero-order valence-corrected chi connectivity index (χ0v) is 16.9. The number of rotatable bonds is 7. The second-order valence-corrected chi connectivity index (χ2v) is 8.71. The highest BCUT2D eigenvalue weighted by molar-refractivity contribution is 7.99. The van der Waals surface area contributed by atoms with Gasteiger partial charge in [-0.1, -0.05) is 36.0 Å². The molecular formula is C19H20N4O3S2. The Morgan fingerprint density at radius 2 is 1.71 bits per heavy atom. The molecule has 3 rings (SSSR count). The fourth-order valence-electron chi connectivity index (χ4n) is 2.59. The molecule has 0 aliphatic rings. The maximum atomic E-state index is 12.1. The zero-order chi connectivity index (χ0) is 20.1. The van der Waals surface area contributed by atoms with Crippen LogP contribution in [0.3, 0.4) is 0 Å². The lowest BCUT2D eigenvalue weighted by atomic mass is 10.1. The Morgan fingerprint density at radius 1 is 1.07 bits per heavy atom. The molecule has 0 saturated carbocycles. The summed E-state index contributed by atoms with van der Waals surface area (Å²) < 4.78 is 22.5. The molecule has 1 aromatic heterocycles. The van der Waals surface area contributed by atoms with Gasteiger partial charge in [0, 0.05) is 6.54 Å². The predicted molar refractivity (Wildman–Crippen MR) is 110 cm³/mol. The average molecular weight is 417 g/mol. The highest BCUT2D eigenvalue weighted by Crippen LogP contribution is 2.21. The van der Waals surface area contributed by atoms with Gasteiger partial charge in [0.15, 0.2) is 0 Å². The van der Waals surface area contributed by atoms with E-state index in [-0.39, 0.29) is 16.6 Å². The molecule has 0 spiro atoms. The number of sulfonamides is 1. The van der Waals surface area contributed by atoms with Gasteiger partial charge in [0.25, 0.3) is 0 Å². The minimum absolute atomic E-state index is 0.0727. The summed E-state index contributed by atoms with van der Waals surface area (Å²) in [6.45, 7) is 2.33. The number of primary sulfonamides is 1. The van der Waals surface area contributed by atoms with Gasteiger partial charge in [0.05, 0.1) is 27.4 Å². The van der Waals surface area contributed by atoms with Crippen LogP contribution in [-0.2, 0) is 21.2 Å². The van der Waals surface area contributed by atoms with Gasteiger partial charge in [0.1, 0.15) is 5.03 Å². The third-order valence-corrected chi connectivity index (χ3v) is 6.02. The SMILES string of the molecule is Cc1nc2ccccc2nc1SCC(=O)NCCc1ccc(S(N)(=O)=O)cc1. The Hall–Kier alpha value is -2.49. The number of benzene rings is 2. The van der Waals surface area contributed by atoms with Crippen LogP contribution < -0.4 is 10.5 Å². The van der Waals surface area contributed by atoms with E-state index in [0.29, 0.717) is 13.0 Å². The minimum atomic E-state index is -3.69. The van der Waals surface area contributed by atoms with E-state index in [2.05, 4.69) is 15.3 Å². The molecule has 146 valence electrons. The first kappa shape index (κ1) is 20.2. The van der Waals surface area contributed by atoms with Gasteiger partial charge < -0.3 is 5.32 Å². The molecule has 1 amide bonds. The standard InChI is InChI=1S/C19H20N4O3S2/c1-13-19(23-17-5-3-2-4-16(17)22-13)27-12-18(24)21-11-10-14-6-8-15(9-7-14)28(20,25)26/h2-9H,10-12H2,1H3,(H,21,24)(H2,20,25,26). The Bertz CT molecular complexity index is 1100. The highest BCUT2D eigenvalue weighted by Gasteiger charge is 2.09. The quantitative estimate of drug-likeness (QED) is 0.570. The average Bonchev–Trinajstić information content (AvgIpc) is 2.66. The van der Waals surface area contributed by atoms with Crippen molar-refractivity contribution in [1.82, 2.24) is 15.3 Å². The number of amides is 1. The van der Waals surface area contributed by atoms with Gasteiger partial charge in [-0.15, -0.1) is 0 Å². The molecule has 1 heterocycles. The van der Waals surface area contributed by atoms with E-state index >= 15 is 0 Å². The van der Waals surface area contributed by atoms with Crippen LogP contribution >= 0.6 is 11.8 Å². The number of aromatic nitrogens is 2. The fourth-order valence-corrected chi connectivity index (χ4v) is 3.89. The molecule has 0 bridgehead atoms. The number of carbonyl (C=O) groups is 1. The van der Waals surface area contributed by atoms with E-state index in [1.807, 2.05) is 31.2 Å². The van der Waals surface area contributed by atoms with Crippen molar-refractivity contribution in [2.24, 2.45) is 5.14 Å². The Labute approximate surface area is 167 Å². The van der Waals surface area contributed by atoms with E-state index in [4.69, 9.17) is 5.14 Å². The number of para-hydroxylation sites is 2. The Balaban J connectivity index is 1.49. The topological polar surface area (TPSA) is 115 Å². The summed E-state index contributed by atoms with van der Waals surface area (Å²) in [5.41, 5.74) is 3.35. The molecule has 0 aliphatic carbocycles. The highest BCUT2D eigenvalue weighted by atomic mass is 32.2. The number of aryl methyl sites for hydroxylation is 1. The summed E-state index contributed by atoms with van der Waals surface area (Å²) in [5.74, 6) is 0.151. The summed E-state index contributed by atoms with van der Waals surface area (Å²) in [6, 6.07) is 13.9. The second kappa shape index (κ2) is 8.68. The number of hydrogen-bond acceptors (Lipinski definition) is 6. The number of nitrogens with one attached hydrogen (secondary N) is 1. The third-order valence-electron chi connectivity index (χ3n) is 4.03. The Kier molecular flexibility index (Phi) is 6.28. The summed E-state index contributed by atoms with van der Waals surface area (Å²) in [7, 11) is -3.69. The number of nitrogens with two attached hydrogens (primary N) is 1. The van der Waals surface area contributed by atoms with Crippen LogP contribution in [0.5, 0.6) is 0 Å². The maximum Gasteiger partial charge on any atom is 0.238 e. The van der Waals surface area contributed by atoms with Crippen LogP contribution in [0, 0.1) is 6.92 Å². The lowest BCUT2D eigenvalue weighted by Crippen LogP contribution is -2.27. The van der Waals surface area contributed by atoms with E-state index in [9.17, 15) is 13.2 Å². The van der Waals surface area contributed by atoms with E-state index < -0.39 is 10.0 Å². The molecule has 0 aliphatic heterocycles. The molecule has 0 radical (unpaired) electrons. The van der Waals surface area contributed by atoms with Crippen molar-refractivity contribution < 1.29 is 13.2 Å². The van der Waals surface area contributed by atoms with Crippen LogP contribution in [0.15, 0.2) is 58.5 Å². The Morgan fingerprint density at radius 3 is 2.36 bits per heavy atom. The smallest absolute Gasteiger partial charge is 0.238 e. The van der Waals surface area contributed by atoms with Crippen molar-refractivity contribution >= 4 is 38.7 Å². The molecule has 9 heteroatoms. The molecule has 28 heavy (non-hydrogen) atoms. The second-order valence-electron chi connectivity index (χ2n) is 6.18. The first-order chi connectivity index (χ1) is 13.3. The first-order valence-corrected chi connectivity index (χ1v) is 11.1. The van der Waals surface area contributed by atoms with Gasteiger partial charge in [-0.3, -0.25) is 4.79 Å². The number of carbonyl (C=O) groups excluding carboxylic acids is 1. The van der Waals surface area contributed by atoms with Crippen molar-refractivity contribution in [3.63, 3.8) is 0 Å².